The zero-order valence-corrected chi connectivity index (χ0v) is 10.3. The summed E-state index contributed by atoms with van der Waals surface area (Å²) in [4.78, 5) is 10.9. The van der Waals surface area contributed by atoms with E-state index in [1.165, 1.54) is 37.2 Å². The van der Waals surface area contributed by atoms with E-state index in [1.807, 2.05) is 0 Å². The fourth-order valence-corrected chi connectivity index (χ4v) is 2.86. The second-order valence-corrected chi connectivity index (χ2v) is 4.95. The van der Waals surface area contributed by atoms with Crippen molar-refractivity contribution in [3.8, 4) is 0 Å². The quantitative estimate of drug-likeness (QED) is 0.428. The van der Waals surface area contributed by atoms with Crippen LogP contribution in [0.25, 0.3) is 0 Å². The predicted octanol–water partition coefficient (Wildman–Crippen LogP) is 2.94. The van der Waals surface area contributed by atoms with E-state index in [0.29, 0.717) is 11.8 Å². The summed E-state index contributed by atoms with van der Waals surface area (Å²) in [7, 11) is 1.46. The first kappa shape index (κ1) is 11.3. The molecule has 2 nitrogen and oxygen atoms in total. The van der Waals surface area contributed by atoms with Gasteiger partial charge < -0.3 is 4.74 Å². The van der Waals surface area contributed by atoms with Crippen LogP contribution in [0.15, 0.2) is 0 Å². The van der Waals surface area contributed by atoms with E-state index >= 15 is 0 Å². The van der Waals surface area contributed by atoms with Gasteiger partial charge in [-0.15, -0.1) is 0 Å². The van der Waals surface area contributed by atoms with Crippen LogP contribution in [0.3, 0.4) is 0 Å². The number of carbonyl (C=O) groups is 1. The largest absolute Gasteiger partial charge is 0.469 e. The zero-order valence-electron chi connectivity index (χ0n) is 8.14. The van der Waals surface area contributed by atoms with Gasteiger partial charge in [0, 0.05) is 10.8 Å². The maximum atomic E-state index is 10.9. The van der Waals surface area contributed by atoms with Crippen molar-refractivity contribution in [3.63, 3.8) is 0 Å². The van der Waals surface area contributed by atoms with Crippen LogP contribution in [-0.4, -0.2) is 17.5 Å². The standard InChI is InChI=1S/C10H17IO2/c1-13-9(12)3-2-4-10(5-6-10)7-8-11/h2-8H2,1H3. The molecule has 0 aromatic carbocycles. The lowest BCUT2D eigenvalue weighted by molar-refractivity contribution is -0.140. The molecule has 13 heavy (non-hydrogen) atoms. The lowest BCUT2D eigenvalue weighted by Crippen LogP contribution is -2.04. The minimum absolute atomic E-state index is 0.0646. The van der Waals surface area contributed by atoms with Crippen LogP contribution in [0.2, 0.25) is 0 Å². The molecule has 1 aliphatic rings. The summed E-state index contributed by atoms with van der Waals surface area (Å²) in [6.07, 6.45) is 6.89. The Hall–Kier alpha value is 0.200. The third kappa shape index (κ3) is 3.83. The highest BCUT2D eigenvalue weighted by molar-refractivity contribution is 14.1. The number of halogens is 1. The predicted molar refractivity (Wildman–Crippen MR) is 61.0 cm³/mol. The molecule has 0 saturated heterocycles. The van der Waals surface area contributed by atoms with Crippen molar-refractivity contribution in [2.24, 2.45) is 5.41 Å². The van der Waals surface area contributed by atoms with Gasteiger partial charge in [-0.05, 0) is 37.5 Å². The van der Waals surface area contributed by atoms with Gasteiger partial charge in [0.1, 0.15) is 0 Å². The van der Waals surface area contributed by atoms with Gasteiger partial charge in [-0.25, -0.2) is 0 Å². The number of hydrogen-bond donors (Lipinski definition) is 0. The Morgan fingerprint density at radius 3 is 2.62 bits per heavy atom. The molecule has 0 amide bonds. The summed E-state index contributed by atoms with van der Waals surface area (Å²) < 4.78 is 5.85. The van der Waals surface area contributed by atoms with Crippen molar-refractivity contribution < 1.29 is 9.53 Å². The van der Waals surface area contributed by atoms with Gasteiger partial charge in [-0.1, -0.05) is 22.6 Å². The molecule has 0 atom stereocenters. The molecule has 1 fully saturated rings. The van der Waals surface area contributed by atoms with Gasteiger partial charge in [0.15, 0.2) is 0 Å². The van der Waals surface area contributed by atoms with E-state index in [-0.39, 0.29) is 5.97 Å². The highest BCUT2D eigenvalue weighted by Crippen LogP contribution is 2.53. The fraction of sp³-hybridized carbons (Fsp3) is 0.900. The van der Waals surface area contributed by atoms with Crippen molar-refractivity contribution in [1.82, 2.24) is 0 Å². The van der Waals surface area contributed by atoms with E-state index < -0.39 is 0 Å². The lowest BCUT2D eigenvalue weighted by atomic mass is 9.96. The molecule has 1 saturated carbocycles. The van der Waals surface area contributed by atoms with E-state index in [9.17, 15) is 4.79 Å². The fourth-order valence-electron chi connectivity index (χ4n) is 1.71. The summed E-state index contributed by atoms with van der Waals surface area (Å²) >= 11 is 2.43. The summed E-state index contributed by atoms with van der Waals surface area (Å²) in [6.45, 7) is 0. The number of methoxy groups -OCH3 is 1. The van der Waals surface area contributed by atoms with E-state index in [2.05, 4.69) is 27.3 Å². The van der Waals surface area contributed by atoms with Gasteiger partial charge in [0.2, 0.25) is 0 Å². The maximum Gasteiger partial charge on any atom is 0.305 e. The molecule has 0 N–H and O–H groups in total. The van der Waals surface area contributed by atoms with Crippen molar-refractivity contribution in [2.45, 2.75) is 38.5 Å². The number of alkyl halides is 1. The molecule has 0 unspecified atom stereocenters. The van der Waals surface area contributed by atoms with Crippen LogP contribution >= 0.6 is 22.6 Å². The Morgan fingerprint density at radius 1 is 1.46 bits per heavy atom. The van der Waals surface area contributed by atoms with Crippen LogP contribution in [-0.2, 0) is 9.53 Å². The molecule has 1 aliphatic carbocycles. The molecule has 0 aromatic rings. The highest BCUT2D eigenvalue weighted by atomic mass is 127. The minimum Gasteiger partial charge on any atom is -0.469 e. The number of carbonyl (C=O) groups excluding carboxylic acids is 1. The molecule has 76 valence electrons. The van der Waals surface area contributed by atoms with Crippen LogP contribution in [0.5, 0.6) is 0 Å². The molecule has 0 radical (unpaired) electrons. The van der Waals surface area contributed by atoms with Crippen molar-refractivity contribution in [2.75, 3.05) is 11.5 Å². The highest BCUT2D eigenvalue weighted by Gasteiger charge is 2.40. The van der Waals surface area contributed by atoms with Crippen LogP contribution in [0.4, 0.5) is 0 Å². The smallest absolute Gasteiger partial charge is 0.305 e. The van der Waals surface area contributed by atoms with Crippen LogP contribution in [0, 0.1) is 5.41 Å². The third-order valence-corrected chi connectivity index (χ3v) is 3.44. The van der Waals surface area contributed by atoms with E-state index in [0.717, 1.165) is 6.42 Å². The molecule has 0 heterocycles. The Kier molecular flexibility index (Phi) is 4.49. The first-order valence-corrected chi connectivity index (χ1v) is 6.38. The average Bonchev–Trinajstić information content (AvgIpc) is 2.86. The number of esters is 1. The Balaban J connectivity index is 2.08. The van der Waals surface area contributed by atoms with Gasteiger partial charge in [0.25, 0.3) is 0 Å². The van der Waals surface area contributed by atoms with Gasteiger partial charge in [0.05, 0.1) is 7.11 Å². The summed E-state index contributed by atoms with van der Waals surface area (Å²) in [6, 6.07) is 0. The van der Waals surface area contributed by atoms with Gasteiger partial charge in [-0.2, -0.15) is 0 Å². The molecule has 3 heteroatoms. The van der Waals surface area contributed by atoms with E-state index in [4.69, 9.17) is 0 Å². The molecule has 0 spiro atoms. The Labute approximate surface area is 93.6 Å². The molecule has 0 bridgehead atoms. The molecule has 0 aromatic heterocycles. The van der Waals surface area contributed by atoms with Crippen molar-refractivity contribution in [1.29, 1.82) is 0 Å². The van der Waals surface area contributed by atoms with E-state index in [1.54, 1.807) is 0 Å². The van der Waals surface area contributed by atoms with Crippen molar-refractivity contribution in [3.05, 3.63) is 0 Å². The van der Waals surface area contributed by atoms with Crippen molar-refractivity contribution >= 4 is 28.6 Å². The monoisotopic (exact) mass is 296 g/mol. The summed E-state index contributed by atoms with van der Waals surface area (Å²) in [5.74, 6) is -0.0646. The Bertz CT molecular complexity index is 176. The maximum absolute atomic E-state index is 10.9. The topological polar surface area (TPSA) is 26.3 Å². The molecule has 1 rings (SSSR count). The number of ether oxygens (including phenoxy) is 1. The zero-order chi connectivity index (χ0) is 9.73. The third-order valence-electron chi connectivity index (χ3n) is 2.90. The first-order valence-electron chi connectivity index (χ1n) is 4.85. The first-order chi connectivity index (χ1) is 6.22. The van der Waals surface area contributed by atoms with Gasteiger partial charge >= 0.3 is 5.97 Å². The number of hydrogen-bond acceptors (Lipinski definition) is 2. The molecule has 0 aliphatic heterocycles. The molecular weight excluding hydrogens is 279 g/mol. The normalized spacial score (nSPS) is 18.3. The average molecular weight is 296 g/mol. The van der Waals surface area contributed by atoms with Crippen LogP contribution < -0.4 is 0 Å². The minimum atomic E-state index is -0.0646. The second-order valence-electron chi connectivity index (χ2n) is 3.87. The lowest BCUT2D eigenvalue weighted by Gasteiger charge is -2.11. The summed E-state index contributed by atoms with van der Waals surface area (Å²) in [5, 5.41) is 0. The summed E-state index contributed by atoms with van der Waals surface area (Å²) in [5.41, 5.74) is 0.620. The number of rotatable bonds is 6. The van der Waals surface area contributed by atoms with Gasteiger partial charge in [-0.3, -0.25) is 4.79 Å². The van der Waals surface area contributed by atoms with Crippen LogP contribution in [0.1, 0.15) is 38.5 Å². The molecular formula is C10H17IO2. The Morgan fingerprint density at radius 2 is 2.15 bits per heavy atom. The SMILES string of the molecule is COC(=O)CCCC1(CCI)CC1. The second kappa shape index (κ2) is 5.17.